The molecule has 1 aromatic carbocycles. The molecule has 4 heteroatoms. The summed E-state index contributed by atoms with van der Waals surface area (Å²) >= 11 is 0. The highest BCUT2D eigenvalue weighted by Crippen LogP contribution is 2.43. The fraction of sp³-hybridized carbons (Fsp3) is 0.600. The molecule has 1 heterocycles. The van der Waals surface area contributed by atoms with Gasteiger partial charge >= 0.3 is 0 Å². The highest BCUT2D eigenvalue weighted by Gasteiger charge is 2.46. The van der Waals surface area contributed by atoms with Crippen LogP contribution in [0.2, 0.25) is 0 Å². The van der Waals surface area contributed by atoms with Crippen LogP contribution in [0.3, 0.4) is 0 Å². The Labute approximate surface area is 145 Å². The van der Waals surface area contributed by atoms with Gasteiger partial charge in [-0.25, -0.2) is 9.98 Å². The molecule has 0 spiro atoms. The average molecular weight is 327 g/mol. The number of aryl methyl sites for hydroxylation is 2. The lowest BCUT2D eigenvalue weighted by Gasteiger charge is -2.47. The smallest absolute Gasteiger partial charge is 0.222 e. The van der Waals surface area contributed by atoms with E-state index in [1.54, 1.807) is 0 Å². The Bertz CT molecular complexity index is 634. The summed E-state index contributed by atoms with van der Waals surface area (Å²) < 4.78 is 6.53. The van der Waals surface area contributed by atoms with Crippen LogP contribution in [0.5, 0.6) is 0 Å². The van der Waals surface area contributed by atoms with Crippen molar-refractivity contribution in [3.05, 3.63) is 34.9 Å². The van der Waals surface area contributed by atoms with E-state index >= 15 is 0 Å². The Kier molecular flexibility index (Phi) is 5.04. The molecule has 0 amide bonds. The first kappa shape index (κ1) is 17.2. The summed E-state index contributed by atoms with van der Waals surface area (Å²) in [6.07, 6.45) is 6.96. The van der Waals surface area contributed by atoms with E-state index in [0.29, 0.717) is 11.9 Å². The second kappa shape index (κ2) is 7.06. The van der Waals surface area contributed by atoms with Crippen LogP contribution in [-0.4, -0.2) is 18.9 Å². The topological polar surface area (TPSA) is 46.0 Å². The van der Waals surface area contributed by atoms with E-state index in [1.807, 2.05) is 6.92 Å². The van der Waals surface area contributed by atoms with Gasteiger partial charge in [0.2, 0.25) is 5.96 Å². The van der Waals surface area contributed by atoms with Gasteiger partial charge < -0.3 is 10.1 Å². The van der Waals surface area contributed by atoms with E-state index in [0.717, 1.165) is 6.42 Å². The van der Waals surface area contributed by atoms with Crippen LogP contribution in [0.1, 0.15) is 62.6 Å². The first-order valence-corrected chi connectivity index (χ1v) is 9.19. The molecule has 2 aliphatic rings. The van der Waals surface area contributed by atoms with Gasteiger partial charge in [-0.1, -0.05) is 44.4 Å². The van der Waals surface area contributed by atoms with Crippen LogP contribution >= 0.6 is 0 Å². The molecule has 1 N–H and O–H groups in total. The fourth-order valence-electron chi connectivity index (χ4n) is 4.12. The SMILES string of the molecule is C=NC1=NC(C)OC(c2cc(CC)ccc2C)(C2CCCCC2)N1. The van der Waals surface area contributed by atoms with Gasteiger partial charge in [-0.3, -0.25) is 0 Å². The molecule has 0 radical (unpaired) electrons. The number of guanidine groups is 1. The molecule has 4 nitrogen and oxygen atoms in total. The lowest BCUT2D eigenvalue weighted by atomic mass is 9.76. The van der Waals surface area contributed by atoms with E-state index in [1.165, 1.54) is 48.8 Å². The monoisotopic (exact) mass is 327 g/mol. The molecular weight excluding hydrogens is 298 g/mol. The van der Waals surface area contributed by atoms with Crippen molar-refractivity contribution in [1.29, 1.82) is 0 Å². The van der Waals surface area contributed by atoms with Crippen molar-refractivity contribution in [2.24, 2.45) is 15.9 Å². The number of nitrogens with one attached hydrogen (secondary N) is 1. The van der Waals surface area contributed by atoms with Gasteiger partial charge in [0.15, 0.2) is 12.0 Å². The zero-order valence-corrected chi connectivity index (χ0v) is 15.1. The zero-order valence-electron chi connectivity index (χ0n) is 15.1. The van der Waals surface area contributed by atoms with E-state index in [-0.39, 0.29) is 6.23 Å². The van der Waals surface area contributed by atoms with Crippen LogP contribution in [0.15, 0.2) is 28.2 Å². The number of rotatable bonds is 3. The summed E-state index contributed by atoms with van der Waals surface area (Å²) in [7, 11) is 0. The van der Waals surface area contributed by atoms with Gasteiger partial charge in [-0.15, -0.1) is 0 Å². The Balaban J connectivity index is 2.12. The maximum absolute atomic E-state index is 6.53. The average Bonchev–Trinajstić information content (AvgIpc) is 2.62. The fourth-order valence-corrected chi connectivity index (χ4v) is 4.12. The molecule has 1 fully saturated rings. The number of hydrogen-bond donors (Lipinski definition) is 1. The van der Waals surface area contributed by atoms with Gasteiger partial charge in [0, 0.05) is 11.5 Å². The third-order valence-electron chi connectivity index (χ3n) is 5.40. The molecule has 130 valence electrons. The standard InChI is InChI=1S/C20H29N3O/c1-5-16-12-11-14(2)18(13-16)20(17-9-7-6-8-10-17)23-19(21-4)22-15(3)24-20/h11-13,15,17H,4-10H2,1-3H3,(H,22,23). The summed E-state index contributed by atoms with van der Waals surface area (Å²) in [6.45, 7) is 10.0. The molecule has 2 atom stereocenters. The Morgan fingerprint density at radius 3 is 2.75 bits per heavy atom. The normalized spacial score (nSPS) is 28.1. The number of ether oxygens (including phenoxy) is 1. The van der Waals surface area contributed by atoms with Gasteiger partial charge in [-0.2, -0.15) is 0 Å². The first-order chi connectivity index (χ1) is 11.6. The predicted molar refractivity (Wildman–Crippen MR) is 99.5 cm³/mol. The summed E-state index contributed by atoms with van der Waals surface area (Å²) in [5, 5.41) is 3.52. The van der Waals surface area contributed by atoms with Crippen molar-refractivity contribution in [2.45, 2.75) is 71.2 Å². The van der Waals surface area contributed by atoms with E-state index in [9.17, 15) is 0 Å². The maximum Gasteiger partial charge on any atom is 0.222 e. The number of benzene rings is 1. The van der Waals surface area contributed by atoms with Gasteiger partial charge in [0.25, 0.3) is 0 Å². The van der Waals surface area contributed by atoms with E-state index in [2.05, 4.69) is 54.1 Å². The van der Waals surface area contributed by atoms with Gasteiger partial charge in [0.1, 0.15) is 0 Å². The van der Waals surface area contributed by atoms with Gasteiger partial charge in [-0.05, 0) is 51.0 Å². The quantitative estimate of drug-likeness (QED) is 0.841. The molecule has 1 aromatic rings. The molecule has 2 unspecified atom stereocenters. The highest BCUT2D eigenvalue weighted by atomic mass is 16.5. The molecular formula is C20H29N3O. The van der Waals surface area contributed by atoms with Crippen molar-refractivity contribution in [2.75, 3.05) is 0 Å². The summed E-state index contributed by atoms with van der Waals surface area (Å²) in [5.74, 6) is 1.02. The maximum atomic E-state index is 6.53. The van der Waals surface area contributed by atoms with Crippen LogP contribution in [-0.2, 0) is 16.9 Å². The Morgan fingerprint density at radius 1 is 1.33 bits per heavy atom. The van der Waals surface area contributed by atoms with Crippen LogP contribution in [0.25, 0.3) is 0 Å². The third-order valence-corrected chi connectivity index (χ3v) is 5.40. The largest absolute Gasteiger partial charge is 0.326 e. The lowest BCUT2D eigenvalue weighted by Crippen LogP contribution is -2.57. The van der Waals surface area contributed by atoms with Crippen molar-refractivity contribution in [1.82, 2.24) is 5.32 Å². The molecule has 1 saturated carbocycles. The van der Waals surface area contributed by atoms with Crippen molar-refractivity contribution >= 4 is 12.7 Å². The minimum Gasteiger partial charge on any atom is -0.326 e. The van der Waals surface area contributed by atoms with Crippen molar-refractivity contribution in [3.63, 3.8) is 0 Å². The van der Waals surface area contributed by atoms with Gasteiger partial charge in [0.05, 0.1) is 0 Å². The molecule has 24 heavy (non-hydrogen) atoms. The second-order valence-corrected chi connectivity index (χ2v) is 7.03. The first-order valence-electron chi connectivity index (χ1n) is 9.19. The van der Waals surface area contributed by atoms with Crippen LogP contribution < -0.4 is 5.32 Å². The molecule has 1 aliphatic carbocycles. The Morgan fingerprint density at radius 2 is 2.08 bits per heavy atom. The molecule has 0 aromatic heterocycles. The third kappa shape index (κ3) is 3.12. The van der Waals surface area contributed by atoms with E-state index < -0.39 is 5.72 Å². The summed E-state index contributed by atoms with van der Waals surface area (Å²) in [4.78, 5) is 8.54. The molecule has 1 aliphatic heterocycles. The lowest BCUT2D eigenvalue weighted by molar-refractivity contribution is -0.154. The Hall–Kier alpha value is -1.68. The second-order valence-electron chi connectivity index (χ2n) is 7.03. The number of hydrogen-bond acceptors (Lipinski definition) is 4. The number of nitrogens with zero attached hydrogens (tertiary/aromatic N) is 2. The number of aliphatic imine (C=N–C) groups is 2. The summed E-state index contributed by atoms with van der Waals surface area (Å²) in [5.41, 5.74) is 3.27. The van der Waals surface area contributed by atoms with Crippen molar-refractivity contribution in [3.8, 4) is 0 Å². The minimum absolute atomic E-state index is 0.224. The summed E-state index contributed by atoms with van der Waals surface area (Å²) in [6, 6.07) is 6.72. The van der Waals surface area contributed by atoms with Crippen LogP contribution in [0.4, 0.5) is 0 Å². The molecule has 3 rings (SSSR count). The minimum atomic E-state index is -0.548. The zero-order chi connectivity index (χ0) is 17.2. The van der Waals surface area contributed by atoms with E-state index in [4.69, 9.17) is 4.74 Å². The van der Waals surface area contributed by atoms with Crippen LogP contribution in [0, 0.1) is 12.8 Å². The predicted octanol–water partition coefficient (Wildman–Crippen LogP) is 4.31. The van der Waals surface area contributed by atoms with Crippen molar-refractivity contribution < 1.29 is 4.74 Å². The molecule has 0 saturated heterocycles. The highest BCUT2D eigenvalue weighted by molar-refractivity contribution is 5.85. The molecule has 0 bridgehead atoms.